The summed E-state index contributed by atoms with van der Waals surface area (Å²) in [7, 11) is 0. The van der Waals surface area contributed by atoms with Gasteiger partial charge in [-0.1, -0.05) is 26.0 Å². The monoisotopic (exact) mass is 264 g/mol. The van der Waals surface area contributed by atoms with Crippen LogP contribution in [-0.2, 0) is 11.3 Å². The number of nitrogens with one attached hydrogen (secondary N) is 1. The highest BCUT2D eigenvalue weighted by atomic mass is 16.5. The van der Waals surface area contributed by atoms with Crippen molar-refractivity contribution in [2.75, 3.05) is 6.61 Å². The topological polar surface area (TPSA) is 64.3 Å². The van der Waals surface area contributed by atoms with Crippen molar-refractivity contribution in [2.45, 2.75) is 39.8 Å². The van der Waals surface area contributed by atoms with E-state index < -0.39 is 5.54 Å². The number of amides is 1. The summed E-state index contributed by atoms with van der Waals surface area (Å²) in [5, 5.41) is 2.80. The van der Waals surface area contributed by atoms with Crippen LogP contribution >= 0.6 is 0 Å². The molecule has 1 aromatic carbocycles. The zero-order valence-corrected chi connectivity index (χ0v) is 12.2. The van der Waals surface area contributed by atoms with E-state index in [1.54, 1.807) is 13.8 Å². The molecule has 1 amide bonds. The van der Waals surface area contributed by atoms with Gasteiger partial charge in [-0.2, -0.15) is 0 Å². The molecule has 0 aliphatic heterocycles. The Morgan fingerprint density at radius 3 is 2.37 bits per heavy atom. The number of hydrogen-bond donors (Lipinski definition) is 2. The molecule has 0 unspecified atom stereocenters. The Hall–Kier alpha value is -1.55. The summed E-state index contributed by atoms with van der Waals surface area (Å²) in [5.41, 5.74) is 5.88. The maximum absolute atomic E-state index is 11.6. The first-order chi connectivity index (χ1) is 8.79. The number of nitrogens with two attached hydrogens (primary N) is 1. The molecule has 0 aliphatic rings. The van der Waals surface area contributed by atoms with Gasteiger partial charge in [0.05, 0.1) is 12.1 Å². The number of hydrogen-bond acceptors (Lipinski definition) is 3. The van der Waals surface area contributed by atoms with Crippen molar-refractivity contribution in [3.8, 4) is 5.75 Å². The fraction of sp³-hybridized carbons (Fsp3) is 0.533. The largest absolute Gasteiger partial charge is 0.493 e. The molecule has 0 spiro atoms. The van der Waals surface area contributed by atoms with Crippen molar-refractivity contribution < 1.29 is 9.53 Å². The van der Waals surface area contributed by atoms with Gasteiger partial charge >= 0.3 is 0 Å². The first-order valence-electron chi connectivity index (χ1n) is 6.58. The third kappa shape index (κ3) is 5.75. The minimum Gasteiger partial charge on any atom is -0.493 e. The van der Waals surface area contributed by atoms with Crippen LogP contribution in [0.1, 0.15) is 33.3 Å². The van der Waals surface area contributed by atoms with E-state index in [0.29, 0.717) is 19.1 Å². The highest BCUT2D eigenvalue weighted by Gasteiger charge is 2.20. The summed E-state index contributed by atoms with van der Waals surface area (Å²) in [6, 6.07) is 7.72. The van der Waals surface area contributed by atoms with Crippen LogP contribution in [0, 0.1) is 5.92 Å². The second-order valence-electron chi connectivity index (χ2n) is 5.75. The Balaban J connectivity index is 2.46. The SMILES string of the molecule is CC(C)COc1ccc(CNC(=O)C(C)(C)N)cc1. The average Bonchev–Trinajstić information content (AvgIpc) is 2.33. The molecule has 4 nitrogen and oxygen atoms in total. The van der Waals surface area contributed by atoms with E-state index in [9.17, 15) is 4.79 Å². The van der Waals surface area contributed by atoms with Crippen LogP contribution in [0.25, 0.3) is 0 Å². The molecular formula is C15H24N2O2. The fourth-order valence-corrected chi connectivity index (χ4v) is 1.38. The number of benzene rings is 1. The van der Waals surface area contributed by atoms with Crippen LogP contribution in [0.3, 0.4) is 0 Å². The predicted octanol–water partition coefficient (Wildman–Crippen LogP) is 2.07. The molecule has 19 heavy (non-hydrogen) atoms. The first kappa shape index (κ1) is 15.5. The lowest BCUT2D eigenvalue weighted by molar-refractivity contribution is -0.125. The van der Waals surface area contributed by atoms with Crippen LogP contribution in [0.2, 0.25) is 0 Å². The Labute approximate surface area is 115 Å². The summed E-state index contributed by atoms with van der Waals surface area (Å²) in [6.07, 6.45) is 0. The van der Waals surface area contributed by atoms with Crippen LogP contribution < -0.4 is 15.8 Å². The van der Waals surface area contributed by atoms with Gasteiger partial charge in [-0.3, -0.25) is 4.79 Å². The van der Waals surface area contributed by atoms with E-state index in [0.717, 1.165) is 11.3 Å². The third-order valence-electron chi connectivity index (χ3n) is 2.54. The molecule has 1 aromatic rings. The molecule has 0 radical (unpaired) electrons. The predicted molar refractivity (Wildman–Crippen MR) is 76.9 cm³/mol. The molecule has 106 valence electrons. The van der Waals surface area contributed by atoms with Crippen molar-refractivity contribution >= 4 is 5.91 Å². The molecule has 4 heteroatoms. The van der Waals surface area contributed by atoms with Crippen molar-refractivity contribution in [2.24, 2.45) is 11.7 Å². The summed E-state index contributed by atoms with van der Waals surface area (Å²) in [5.74, 6) is 1.20. The van der Waals surface area contributed by atoms with Crippen molar-refractivity contribution in [1.29, 1.82) is 0 Å². The number of rotatable bonds is 6. The zero-order valence-electron chi connectivity index (χ0n) is 12.2. The van der Waals surface area contributed by atoms with Gasteiger partial charge in [0, 0.05) is 6.54 Å². The Kier molecular flexibility index (Phi) is 5.36. The molecule has 1 rings (SSSR count). The van der Waals surface area contributed by atoms with Crippen molar-refractivity contribution in [3.05, 3.63) is 29.8 Å². The smallest absolute Gasteiger partial charge is 0.239 e. The van der Waals surface area contributed by atoms with E-state index in [1.165, 1.54) is 0 Å². The Morgan fingerprint density at radius 2 is 1.89 bits per heavy atom. The standard InChI is InChI=1S/C15H24N2O2/c1-11(2)10-19-13-7-5-12(6-8-13)9-17-14(18)15(3,4)16/h5-8,11H,9-10,16H2,1-4H3,(H,17,18). The lowest BCUT2D eigenvalue weighted by Crippen LogP contribution is -2.48. The van der Waals surface area contributed by atoms with E-state index in [4.69, 9.17) is 10.5 Å². The van der Waals surface area contributed by atoms with Crippen LogP contribution in [-0.4, -0.2) is 18.1 Å². The molecule has 0 saturated carbocycles. The molecule has 0 aliphatic carbocycles. The normalized spacial score (nSPS) is 11.5. The fourth-order valence-electron chi connectivity index (χ4n) is 1.38. The van der Waals surface area contributed by atoms with Gasteiger partial charge in [0.1, 0.15) is 5.75 Å². The van der Waals surface area contributed by atoms with Crippen LogP contribution in [0.4, 0.5) is 0 Å². The van der Waals surface area contributed by atoms with Crippen LogP contribution in [0.15, 0.2) is 24.3 Å². The minimum absolute atomic E-state index is 0.160. The lowest BCUT2D eigenvalue weighted by atomic mass is 10.1. The maximum Gasteiger partial charge on any atom is 0.239 e. The van der Waals surface area contributed by atoms with Gasteiger partial charge < -0.3 is 15.8 Å². The van der Waals surface area contributed by atoms with Gasteiger partial charge in [-0.15, -0.1) is 0 Å². The van der Waals surface area contributed by atoms with Gasteiger partial charge in [0.2, 0.25) is 5.91 Å². The van der Waals surface area contributed by atoms with E-state index in [-0.39, 0.29) is 5.91 Å². The third-order valence-corrected chi connectivity index (χ3v) is 2.54. The van der Waals surface area contributed by atoms with Crippen LogP contribution in [0.5, 0.6) is 5.75 Å². The van der Waals surface area contributed by atoms with Crippen molar-refractivity contribution in [3.63, 3.8) is 0 Å². The molecular weight excluding hydrogens is 240 g/mol. The van der Waals surface area contributed by atoms with Gasteiger partial charge in [-0.05, 0) is 37.5 Å². The molecule has 0 fully saturated rings. The number of carbonyl (C=O) groups is 1. The quantitative estimate of drug-likeness (QED) is 0.826. The van der Waals surface area contributed by atoms with E-state index >= 15 is 0 Å². The first-order valence-corrected chi connectivity index (χ1v) is 6.58. The molecule has 0 atom stereocenters. The average molecular weight is 264 g/mol. The highest BCUT2D eigenvalue weighted by Crippen LogP contribution is 2.13. The lowest BCUT2D eigenvalue weighted by Gasteiger charge is -2.17. The highest BCUT2D eigenvalue weighted by molar-refractivity contribution is 5.84. The molecule has 0 bridgehead atoms. The van der Waals surface area contributed by atoms with Gasteiger partial charge in [0.25, 0.3) is 0 Å². The molecule has 0 aromatic heterocycles. The summed E-state index contributed by atoms with van der Waals surface area (Å²) < 4.78 is 5.59. The number of carbonyl (C=O) groups excluding carboxylic acids is 1. The Morgan fingerprint density at radius 1 is 1.32 bits per heavy atom. The minimum atomic E-state index is -0.847. The van der Waals surface area contributed by atoms with Gasteiger partial charge in [0.15, 0.2) is 0 Å². The summed E-state index contributed by atoms with van der Waals surface area (Å²) >= 11 is 0. The Bertz CT molecular complexity index is 405. The van der Waals surface area contributed by atoms with Crippen molar-refractivity contribution in [1.82, 2.24) is 5.32 Å². The number of ether oxygens (including phenoxy) is 1. The second-order valence-corrected chi connectivity index (χ2v) is 5.75. The summed E-state index contributed by atoms with van der Waals surface area (Å²) in [4.78, 5) is 11.6. The molecule has 0 heterocycles. The summed E-state index contributed by atoms with van der Waals surface area (Å²) in [6.45, 7) is 8.77. The zero-order chi connectivity index (χ0) is 14.5. The van der Waals surface area contributed by atoms with E-state index in [2.05, 4.69) is 19.2 Å². The second kappa shape index (κ2) is 6.57. The van der Waals surface area contributed by atoms with Gasteiger partial charge in [-0.25, -0.2) is 0 Å². The molecule has 3 N–H and O–H groups in total. The maximum atomic E-state index is 11.6. The van der Waals surface area contributed by atoms with E-state index in [1.807, 2.05) is 24.3 Å². The molecule has 0 saturated heterocycles.